The zero-order valence-corrected chi connectivity index (χ0v) is 11.8. The van der Waals surface area contributed by atoms with Crippen molar-refractivity contribution in [3.8, 4) is 0 Å². The van der Waals surface area contributed by atoms with Gasteiger partial charge in [0.15, 0.2) is 0 Å². The van der Waals surface area contributed by atoms with Crippen LogP contribution in [0.2, 0.25) is 0 Å². The molecule has 1 saturated carbocycles. The van der Waals surface area contributed by atoms with E-state index in [1.807, 2.05) is 0 Å². The summed E-state index contributed by atoms with van der Waals surface area (Å²) in [6, 6.07) is 7.22. The minimum Gasteiger partial charge on any atom is -0.368 e. The summed E-state index contributed by atoms with van der Waals surface area (Å²) in [5.41, 5.74) is 2.76. The molecule has 1 aromatic carbocycles. The number of nitrogens with one attached hydrogen (secondary N) is 1. The van der Waals surface area contributed by atoms with Crippen molar-refractivity contribution in [3.63, 3.8) is 0 Å². The van der Waals surface area contributed by atoms with E-state index in [2.05, 4.69) is 51.3 Å². The molecule has 0 spiro atoms. The van der Waals surface area contributed by atoms with Crippen LogP contribution in [-0.4, -0.2) is 25.7 Å². The monoisotopic (exact) mass is 294 g/mol. The Morgan fingerprint density at radius 3 is 2.94 bits per heavy atom. The predicted molar refractivity (Wildman–Crippen MR) is 75.6 cm³/mol. The summed E-state index contributed by atoms with van der Waals surface area (Å²) in [5.74, 6) is 0.935. The number of nitrogens with zero attached hydrogens (tertiary/aromatic N) is 1. The van der Waals surface area contributed by atoms with E-state index in [1.165, 1.54) is 35.1 Å². The van der Waals surface area contributed by atoms with Gasteiger partial charge in [-0.25, -0.2) is 0 Å². The van der Waals surface area contributed by atoms with Crippen molar-refractivity contribution >= 4 is 21.6 Å². The highest BCUT2D eigenvalue weighted by atomic mass is 79.9. The van der Waals surface area contributed by atoms with E-state index in [1.54, 1.807) is 0 Å². The molecule has 0 amide bonds. The molecule has 3 heteroatoms. The molecule has 3 rings (SSSR count). The van der Waals surface area contributed by atoms with Crippen molar-refractivity contribution < 1.29 is 0 Å². The van der Waals surface area contributed by atoms with Crippen molar-refractivity contribution in [2.75, 3.05) is 24.5 Å². The fraction of sp³-hybridized carbons (Fsp3) is 0.571. The van der Waals surface area contributed by atoms with Crippen molar-refractivity contribution in [1.82, 2.24) is 5.32 Å². The molecule has 1 saturated heterocycles. The Bertz CT molecular complexity index is 415. The van der Waals surface area contributed by atoms with Gasteiger partial charge in [0.1, 0.15) is 0 Å². The second kappa shape index (κ2) is 4.62. The van der Waals surface area contributed by atoms with Crippen LogP contribution in [0, 0.1) is 12.8 Å². The highest BCUT2D eigenvalue weighted by Crippen LogP contribution is 2.35. The van der Waals surface area contributed by atoms with Crippen molar-refractivity contribution in [1.29, 1.82) is 0 Å². The molecule has 1 aliphatic carbocycles. The van der Waals surface area contributed by atoms with Gasteiger partial charge in [-0.2, -0.15) is 0 Å². The zero-order valence-electron chi connectivity index (χ0n) is 10.2. The molecule has 2 fully saturated rings. The van der Waals surface area contributed by atoms with Crippen molar-refractivity contribution in [2.45, 2.75) is 25.8 Å². The van der Waals surface area contributed by atoms with Crippen LogP contribution in [0.4, 0.5) is 5.69 Å². The average Bonchev–Trinajstić information content (AvgIpc) is 3.17. The summed E-state index contributed by atoms with van der Waals surface area (Å²) in [4.78, 5) is 2.54. The summed E-state index contributed by atoms with van der Waals surface area (Å²) >= 11 is 3.63. The Hall–Kier alpha value is -0.540. The van der Waals surface area contributed by atoms with Gasteiger partial charge in [-0.15, -0.1) is 0 Å². The summed E-state index contributed by atoms with van der Waals surface area (Å²) < 4.78 is 1.22. The van der Waals surface area contributed by atoms with E-state index in [0.29, 0.717) is 6.04 Å². The van der Waals surface area contributed by atoms with Gasteiger partial charge in [0.25, 0.3) is 0 Å². The van der Waals surface area contributed by atoms with Crippen LogP contribution in [0.15, 0.2) is 22.7 Å². The van der Waals surface area contributed by atoms with E-state index in [4.69, 9.17) is 0 Å². The Balaban J connectivity index is 1.80. The second-order valence-electron chi connectivity index (χ2n) is 5.23. The lowest BCUT2D eigenvalue weighted by Gasteiger charge is -2.36. The Morgan fingerprint density at radius 1 is 1.35 bits per heavy atom. The molecular formula is C14H19BrN2. The van der Waals surface area contributed by atoms with Crippen LogP contribution in [-0.2, 0) is 0 Å². The first-order valence-corrected chi connectivity index (χ1v) is 7.28. The van der Waals surface area contributed by atoms with Gasteiger partial charge < -0.3 is 10.2 Å². The minimum atomic E-state index is 0.710. The van der Waals surface area contributed by atoms with Gasteiger partial charge in [-0.3, -0.25) is 0 Å². The zero-order chi connectivity index (χ0) is 11.8. The molecule has 0 radical (unpaired) electrons. The molecule has 2 aliphatic rings. The van der Waals surface area contributed by atoms with Crippen LogP contribution in [0.5, 0.6) is 0 Å². The molecule has 1 atom stereocenters. The SMILES string of the molecule is Cc1c(Br)cccc1N1CCNC(C2CC2)C1. The molecule has 1 unspecified atom stereocenters. The lowest BCUT2D eigenvalue weighted by Crippen LogP contribution is -2.52. The van der Waals surface area contributed by atoms with Crippen LogP contribution in [0.3, 0.4) is 0 Å². The molecule has 1 heterocycles. The number of hydrogen-bond acceptors (Lipinski definition) is 2. The standard InChI is InChI=1S/C14H19BrN2/c1-10-12(15)3-2-4-14(10)17-8-7-16-13(9-17)11-5-6-11/h2-4,11,13,16H,5-9H2,1H3. The van der Waals surface area contributed by atoms with Crippen molar-refractivity contribution in [3.05, 3.63) is 28.2 Å². The van der Waals surface area contributed by atoms with Gasteiger partial charge in [-0.1, -0.05) is 22.0 Å². The van der Waals surface area contributed by atoms with Crippen LogP contribution >= 0.6 is 15.9 Å². The van der Waals surface area contributed by atoms with E-state index < -0.39 is 0 Å². The third kappa shape index (κ3) is 2.36. The maximum absolute atomic E-state index is 3.66. The van der Waals surface area contributed by atoms with E-state index in [9.17, 15) is 0 Å². The first kappa shape index (κ1) is 11.5. The molecule has 1 aliphatic heterocycles. The Morgan fingerprint density at radius 2 is 2.18 bits per heavy atom. The molecule has 0 aromatic heterocycles. The number of halogens is 1. The summed E-state index contributed by atoms with van der Waals surface area (Å²) in [6.07, 6.45) is 2.84. The largest absolute Gasteiger partial charge is 0.368 e. The minimum absolute atomic E-state index is 0.710. The van der Waals surface area contributed by atoms with Gasteiger partial charge in [0.05, 0.1) is 0 Å². The predicted octanol–water partition coefficient (Wildman–Crippen LogP) is 2.95. The van der Waals surface area contributed by atoms with Gasteiger partial charge in [-0.05, 0) is 43.4 Å². The van der Waals surface area contributed by atoms with Gasteiger partial charge >= 0.3 is 0 Å². The molecule has 1 aromatic rings. The Kier molecular flexibility index (Phi) is 3.14. The fourth-order valence-corrected chi connectivity index (χ4v) is 3.11. The molecule has 17 heavy (non-hydrogen) atoms. The topological polar surface area (TPSA) is 15.3 Å². The number of piperazine rings is 1. The molecule has 92 valence electrons. The molecule has 1 N–H and O–H groups in total. The third-order valence-electron chi connectivity index (χ3n) is 3.98. The Labute approximate surface area is 112 Å². The highest BCUT2D eigenvalue weighted by molar-refractivity contribution is 9.10. The number of benzene rings is 1. The van der Waals surface area contributed by atoms with E-state index in [0.717, 1.165) is 19.0 Å². The molecular weight excluding hydrogens is 276 g/mol. The van der Waals surface area contributed by atoms with Gasteiger partial charge in [0.2, 0.25) is 0 Å². The number of anilines is 1. The third-order valence-corrected chi connectivity index (χ3v) is 4.84. The maximum atomic E-state index is 3.66. The van der Waals surface area contributed by atoms with Crippen LogP contribution in [0.25, 0.3) is 0 Å². The maximum Gasteiger partial charge on any atom is 0.0408 e. The quantitative estimate of drug-likeness (QED) is 0.902. The second-order valence-corrected chi connectivity index (χ2v) is 6.08. The van der Waals surface area contributed by atoms with E-state index >= 15 is 0 Å². The lowest BCUT2D eigenvalue weighted by atomic mass is 10.1. The van der Waals surface area contributed by atoms with Crippen LogP contribution in [0.1, 0.15) is 18.4 Å². The number of hydrogen-bond donors (Lipinski definition) is 1. The average molecular weight is 295 g/mol. The summed E-state index contributed by atoms with van der Waals surface area (Å²) in [7, 11) is 0. The first-order valence-electron chi connectivity index (χ1n) is 6.49. The smallest absolute Gasteiger partial charge is 0.0408 e. The lowest BCUT2D eigenvalue weighted by molar-refractivity contribution is 0.418. The molecule has 0 bridgehead atoms. The highest BCUT2D eigenvalue weighted by Gasteiger charge is 2.34. The normalized spacial score (nSPS) is 25.1. The fourth-order valence-electron chi connectivity index (χ4n) is 2.75. The number of rotatable bonds is 2. The molecule has 2 nitrogen and oxygen atoms in total. The van der Waals surface area contributed by atoms with Gasteiger partial charge in [0, 0.05) is 35.8 Å². The summed E-state index contributed by atoms with van der Waals surface area (Å²) in [6.45, 7) is 5.61. The first-order chi connectivity index (χ1) is 8.25. The van der Waals surface area contributed by atoms with Crippen molar-refractivity contribution in [2.24, 2.45) is 5.92 Å². The van der Waals surface area contributed by atoms with Crippen LogP contribution < -0.4 is 10.2 Å². The van der Waals surface area contributed by atoms with E-state index in [-0.39, 0.29) is 0 Å². The summed E-state index contributed by atoms with van der Waals surface area (Å²) in [5, 5.41) is 3.66.